The molecule has 1 fully saturated rings. The Morgan fingerprint density at radius 2 is 2.19 bits per heavy atom. The first-order valence-corrected chi connectivity index (χ1v) is 6.99. The molecular weight excluding hydrogens is 285 g/mol. The van der Waals surface area contributed by atoms with Crippen molar-refractivity contribution in [1.29, 1.82) is 0 Å². The summed E-state index contributed by atoms with van der Waals surface area (Å²) < 4.78 is 37.5. The zero-order chi connectivity index (χ0) is 15.3. The van der Waals surface area contributed by atoms with Crippen LogP contribution in [0.3, 0.4) is 0 Å². The van der Waals surface area contributed by atoms with Crippen molar-refractivity contribution in [1.82, 2.24) is 14.9 Å². The largest absolute Gasteiger partial charge is 0.451 e. The molecule has 1 aromatic rings. The second-order valence-electron chi connectivity index (χ2n) is 5.06. The van der Waals surface area contributed by atoms with Crippen LogP contribution in [0, 0.1) is 0 Å². The SMILES string of the molecule is OC[C@H]1CCCCN1CCNc1ccnc(C(F)(F)F)n1. The van der Waals surface area contributed by atoms with E-state index >= 15 is 0 Å². The predicted octanol–water partition coefficient (Wildman–Crippen LogP) is 1.75. The van der Waals surface area contributed by atoms with E-state index in [2.05, 4.69) is 20.2 Å². The van der Waals surface area contributed by atoms with E-state index in [1.165, 1.54) is 6.07 Å². The molecule has 0 aliphatic carbocycles. The van der Waals surface area contributed by atoms with Gasteiger partial charge in [-0.1, -0.05) is 6.42 Å². The molecule has 0 saturated carbocycles. The van der Waals surface area contributed by atoms with Crippen LogP contribution in [0.2, 0.25) is 0 Å². The third-order valence-corrected chi connectivity index (χ3v) is 3.57. The Kier molecular flexibility index (Phi) is 5.35. The first kappa shape index (κ1) is 16.0. The maximum absolute atomic E-state index is 12.5. The lowest BCUT2D eigenvalue weighted by molar-refractivity contribution is -0.144. The Balaban J connectivity index is 1.85. The minimum Gasteiger partial charge on any atom is -0.395 e. The lowest BCUT2D eigenvalue weighted by Gasteiger charge is -2.34. The van der Waals surface area contributed by atoms with Gasteiger partial charge in [-0.3, -0.25) is 4.90 Å². The van der Waals surface area contributed by atoms with Gasteiger partial charge in [0.15, 0.2) is 0 Å². The average molecular weight is 304 g/mol. The first-order valence-electron chi connectivity index (χ1n) is 6.99. The number of aliphatic hydroxyl groups excluding tert-OH is 1. The molecule has 0 spiro atoms. The van der Waals surface area contributed by atoms with E-state index in [9.17, 15) is 18.3 Å². The van der Waals surface area contributed by atoms with Crippen LogP contribution in [-0.4, -0.2) is 52.3 Å². The number of alkyl halides is 3. The molecule has 0 amide bonds. The fraction of sp³-hybridized carbons (Fsp3) is 0.692. The van der Waals surface area contributed by atoms with Gasteiger partial charge in [0, 0.05) is 25.3 Å². The summed E-state index contributed by atoms with van der Waals surface area (Å²) in [5.41, 5.74) is 0. The van der Waals surface area contributed by atoms with E-state index in [-0.39, 0.29) is 18.5 Å². The molecule has 8 heteroatoms. The number of nitrogens with one attached hydrogen (secondary N) is 1. The summed E-state index contributed by atoms with van der Waals surface area (Å²) >= 11 is 0. The quantitative estimate of drug-likeness (QED) is 0.868. The molecule has 0 aromatic carbocycles. The predicted molar refractivity (Wildman–Crippen MR) is 71.8 cm³/mol. The monoisotopic (exact) mass is 304 g/mol. The fourth-order valence-corrected chi connectivity index (χ4v) is 2.48. The second kappa shape index (κ2) is 7.04. The Hall–Kier alpha value is -1.41. The van der Waals surface area contributed by atoms with Gasteiger partial charge in [0.1, 0.15) is 5.82 Å². The van der Waals surface area contributed by atoms with E-state index in [1.54, 1.807) is 0 Å². The van der Waals surface area contributed by atoms with Gasteiger partial charge in [-0.25, -0.2) is 9.97 Å². The number of anilines is 1. The fourth-order valence-electron chi connectivity index (χ4n) is 2.48. The third-order valence-electron chi connectivity index (χ3n) is 3.57. The molecule has 1 atom stereocenters. The summed E-state index contributed by atoms with van der Waals surface area (Å²) in [5, 5.41) is 12.2. The van der Waals surface area contributed by atoms with Crippen LogP contribution in [0.1, 0.15) is 25.1 Å². The zero-order valence-corrected chi connectivity index (χ0v) is 11.6. The van der Waals surface area contributed by atoms with E-state index in [0.29, 0.717) is 13.1 Å². The number of hydrogen-bond acceptors (Lipinski definition) is 5. The number of aromatic nitrogens is 2. The molecular formula is C13H19F3N4O. The van der Waals surface area contributed by atoms with Gasteiger partial charge in [0.05, 0.1) is 6.61 Å². The highest BCUT2D eigenvalue weighted by molar-refractivity contribution is 5.33. The smallest absolute Gasteiger partial charge is 0.395 e. The number of hydrogen-bond donors (Lipinski definition) is 2. The van der Waals surface area contributed by atoms with Crippen LogP contribution < -0.4 is 5.32 Å². The van der Waals surface area contributed by atoms with Crippen molar-refractivity contribution in [2.24, 2.45) is 0 Å². The highest BCUT2D eigenvalue weighted by Crippen LogP contribution is 2.26. The van der Waals surface area contributed by atoms with Crippen molar-refractivity contribution in [2.45, 2.75) is 31.5 Å². The van der Waals surface area contributed by atoms with E-state index in [4.69, 9.17) is 0 Å². The van der Waals surface area contributed by atoms with Crippen molar-refractivity contribution < 1.29 is 18.3 Å². The Morgan fingerprint density at radius 1 is 1.38 bits per heavy atom. The molecule has 118 valence electrons. The standard InChI is InChI=1S/C13H19F3N4O/c14-13(15,16)12-18-5-4-11(19-12)17-6-8-20-7-2-1-3-10(20)9-21/h4-5,10,21H,1-3,6-9H2,(H,17,18,19)/t10-/m1/s1. The lowest BCUT2D eigenvalue weighted by Crippen LogP contribution is -2.44. The number of piperidine rings is 1. The molecule has 1 saturated heterocycles. The normalized spacial score (nSPS) is 20.5. The maximum atomic E-state index is 12.5. The first-order chi connectivity index (χ1) is 10.0. The Morgan fingerprint density at radius 3 is 2.90 bits per heavy atom. The van der Waals surface area contributed by atoms with Crippen LogP contribution in [0.15, 0.2) is 12.3 Å². The van der Waals surface area contributed by atoms with Gasteiger partial charge >= 0.3 is 6.18 Å². The summed E-state index contributed by atoms with van der Waals surface area (Å²) in [7, 11) is 0. The van der Waals surface area contributed by atoms with Crippen LogP contribution in [0.25, 0.3) is 0 Å². The summed E-state index contributed by atoms with van der Waals surface area (Å²) in [6.45, 7) is 2.16. The lowest BCUT2D eigenvalue weighted by atomic mass is 10.0. The third kappa shape index (κ3) is 4.53. The minimum atomic E-state index is -4.54. The van der Waals surface area contributed by atoms with E-state index < -0.39 is 12.0 Å². The molecule has 21 heavy (non-hydrogen) atoms. The molecule has 2 rings (SSSR count). The molecule has 2 N–H and O–H groups in total. The van der Waals surface area contributed by atoms with Crippen LogP contribution in [-0.2, 0) is 6.18 Å². The Bertz CT molecular complexity index is 455. The highest BCUT2D eigenvalue weighted by atomic mass is 19.4. The van der Waals surface area contributed by atoms with E-state index in [0.717, 1.165) is 32.0 Å². The van der Waals surface area contributed by atoms with Gasteiger partial charge in [-0.05, 0) is 25.5 Å². The van der Waals surface area contributed by atoms with Crippen LogP contribution in [0.4, 0.5) is 19.0 Å². The van der Waals surface area contributed by atoms with Crippen molar-refractivity contribution in [3.63, 3.8) is 0 Å². The van der Waals surface area contributed by atoms with Crippen molar-refractivity contribution in [3.05, 3.63) is 18.1 Å². The van der Waals surface area contributed by atoms with Crippen molar-refractivity contribution in [2.75, 3.05) is 31.6 Å². The number of likely N-dealkylation sites (tertiary alicyclic amines) is 1. The topological polar surface area (TPSA) is 61.3 Å². The average Bonchev–Trinajstić information content (AvgIpc) is 2.47. The van der Waals surface area contributed by atoms with Gasteiger partial charge in [-0.2, -0.15) is 13.2 Å². The minimum absolute atomic E-state index is 0.117. The van der Waals surface area contributed by atoms with Crippen molar-refractivity contribution >= 4 is 5.82 Å². The van der Waals surface area contributed by atoms with Gasteiger partial charge < -0.3 is 10.4 Å². The second-order valence-corrected chi connectivity index (χ2v) is 5.06. The molecule has 1 aliphatic rings. The molecule has 1 aliphatic heterocycles. The number of nitrogens with zero attached hydrogens (tertiary/aromatic N) is 3. The summed E-state index contributed by atoms with van der Waals surface area (Å²) in [5.74, 6) is -0.978. The van der Waals surface area contributed by atoms with Crippen LogP contribution in [0.5, 0.6) is 0 Å². The molecule has 0 unspecified atom stereocenters. The number of aliphatic hydroxyl groups is 1. The van der Waals surface area contributed by atoms with Gasteiger partial charge in [0.25, 0.3) is 0 Å². The van der Waals surface area contributed by atoms with Crippen molar-refractivity contribution in [3.8, 4) is 0 Å². The number of halogens is 3. The molecule has 5 nitrogen and oxygen atoms in total. The van der Waals surface area contributed by atoms with Gasteiger partial charge in [-0.15, -0.1) is 0 Å². The molecule has 2 heterocycles. The molecule has 1 aromatic heterocycles. The summed E-state index contributed by atoms with van der Waals surface area (Å²) in [6, 6.07) is 1.56. The maximum Gasteiger partial charge on any atom is 0.451 e. The Labute approximate surface area is 121 Å². The summed E-state index contributed by atoms with van der Waals surface area (Å²) in [4.78, 5) is 8.82. The molecule has 0 radical (unpaired) electrons. The van der Waals surface area contributed by atoms with E-state index in [1.807, 2.05) is 0 Å². The van der Waals surface area contributed by atoms with Crippen LogP contribution >= 0.6 is 0 Å². The summed E-state index contributed by atoms with van der Waals surface area (Å²) in [6.07, 6.45) is -0.289. The molecule has 0 bridgehead atoms. The highest BCUT2D eigenvalue weighted by Gasteiger charge is 2.34. The number of rotatable bonds is 5. The van der Waals surface area contributed by atoms with Gasteiger partial charge in [0.2, 0.25) is 5.82 Å². The zero-order valence-electron chi connectivity index (χ0n) is 11.6.